The maximum atomic E-state index is 12.6. The van der Waals surface area contributed by atoms with Crippen LogP contribution in [0.1, 0.15) is 134 Å². The van der Waals surface area contributed by atoms with Crippen molar-refractivity contribution in [3.8, 4) is 17.2 Å². The standard InChI is InChI=1S/C36H54O4/c1-4-6-7-8-9-10-11-14-29(3)39-34-22-20-32(21-23-34)36(37)40-35-26-24-33(25-27-35)38-28-12-15-31-18-16-30(13-5-2)17-19-31/h20-27,29-31H,4-19,28H2,1-3H3/t29?,30-,31-. The Balaban J connectivity index is 1.30. The van der Waals surface area contributed by atoms with Gasteiger partial charge in [0.25, 0.3) is 0 Å². The van der Waals surface area contributed by atoms with Crippen LogP contribution in [0.4, 0.5) is 0 Å². The Labute approximate surface area is 244 Å². The molecule has 1 fully saturated rings. The Kier molecular flexibility index (Phi) is 15.0. The number of hydrogen-bond donors (Lipinski definition) is 0. The molecular weight excluding hydrogens is 496 g/mol. The van der Waals surface area contributed by atoms with Gasteiger partial charge < -0.3 is 14.2 Å². The van der Waals surface area contributed by atoms with Gasteiger partial charge >= 0.3 is 5.97 Å². The fourth-order valence-corrected chi connectivity index (χ4v) is 5.90. The molecule has 3 rings (SSSR count). The second kappa shape index (κ2) is 18.8. The van der Waals surface area contributed by atoms with E-state index in [-0.39, 0.29) is 12.1 Å². The van der Waals surface area contributed by atoms with Gasteiger partial charge in [-0.3, -0.25) is 0 Å². The number of carbonyl (C=O) groups excluding carboxylic acids is 1. The average Bonchev–Trinajstić information content (AvgIpc) is 2.97. The van der Waals surface area contributed by atoms with Gasteiger partial charge in [-0.15, -0.1) is 0 Å². The molecule has 0 aliphatic heterocycles. The van der Waals surface area contributed by atoms with Crippen molar-refractivity contribution < 1.29 is 19.0 Å². The van der Waals surface area contributed by atoms with Crippen LogP contribution in [0.15, 0.2) is 48.5 Å². The van der Waals surface area contributed by atoms with Crippen molar-refractivity contribution in [2.45, 2.75) is 130 Å². The molecule has 0 amide bonds. The van der Waals surface area contributed by atoms with Crippen LogP contribution in [0.25, 0.3) is 0 Å². The summed E-state index contributed by atoms with van der Waals surface area (Å²) >= 11 is 0. The monoisotopic (exact) mass is 550 g/mol. The second-order valence-electron chi connectivity index (χ2n) is 11.9. The van der Waals surface area contributed by atoms with Gasteiger partial charge in [0.15, 0.2) is 0 Å². The molecule has 0 radical (unpaired) electrons. The quantitative estimate of drug-likeness (QED) is 0.0991. The minimum absolute atomic E-state index is 0.166. The third-order valence-corrected chi connectivity index (χ3v) is 8.36. The molecule has 0 aromatic heterocycles. The van der Waals surface area contributed by atoms with E-state index < -0.39 is 0 Å². The zero-order chi connectivity index (χ0) is 28.4. The van der Waals surface area contributed by atoms with Crippen molar-refractivity contribution in [1.29, 1.82) is 0 Å². The van der Waals surface area contributed by atoms with Crippen molar-refractivity contribution in [2.24, 2.45) is 11.8 Å². The maximum Gasteiger partial charge on any atom is 0.343 e. The van der Waals surface area contributed by atoms with Gasteiger partial charge in [0.2, 0.25) is 0 Å². The number of ether oxygens (including phenoxy) is 3. The van der Waals surface area contributed by atoms with Gasteiger partial charge in [-0.05, 0) is 93.0 Å². The number of rotatable bonds is 19. The Morgan fingerprint density at radius 3 is 1.93 bits per heavy atom. The lowest BCUT2D eigenvalue weighted by molar-refractivity contribution is 0.0734. The molecule has 1 aliphatic rings. The van der Waals surface area contributed by atoms with Crippen LogP contribution in [0.3, 0.4) is 0 Å². The molecule has 0 heterocycles. The van der Waals surface area contributed by atoms with Gasteiger partial charge in [-0.1, -0.05) is 90.9 Å². The predicted molar refractivity (Wildman–Crippen MR) is 166 cm³/mol. The molecule has 0 spiro atoms. The van der Waals surface area contributed by atoms with E-state index in [0.717, 1.165) is 42.8 Å². The van der Waals surface area contributed by atoms with E-state index in [2.05, 4.69) is 20.8 Å². The molecule has 1 aliphatic carbocycles. The third-order valence-electron chi connectivity index (χ3n) is 8.36. The van der Waals surface area contributed by atoms with E-state index in [4.69, 9.17) is 14.2 Å². The zero-order valence-corrected chi connectivity index (χ0v) is 25.5. The van der Waals surface area contributed by atoms with Crippen molar-refractivity contribution >= 4 is 5.97 Å². The maximum absolute atomic E-state index is 12.6. The van der Waals surface area contributed by atoms with Crippen molar-refractivity contribution in [3.05, 3.63) is 54.1 Å². The summed E-state index contributed by atoms with van der Waals surface area (Å²) in [6.07, 6.45) is 21.0. The Morgan fingerprint density at radius 1 is 0.700 bits per heavy atom. The van der Waals surface area contributed by atoms with Gasteiger partial charge in [0.1, 0.15) is 17.2 Å². The number of hydrogen-bond acceptors (Lipinski definition) is 4. The minimum Gasteiger partial charge on any atom is -0.494 e. The number of carbonyl (C=O) groups is 1. The zero-order valence-electron chi connectivity index (χ0n) is 25.5. The molecule has 4 nitrogen and oxygen atoms in total. The van der Waals surface area contributed by atoms with Crippen LogP contribution < -0.4 is 14.2 Å². The van der Waals surface area contributed by atoms with Crippen LogP contribution in [0, 0.1) is 11.8 Å². The van der Waals surface area contributed by atoms with Gasteiger partial charge in [-0.25, -0.2) is 4.79 Å². The summed E-state index contributed by atoms with van der Waals surface area (Å²) in [6.45, 7) is 7.41. The predicted octanol–water partition coefficient (Wildman–Crippen LogP) is 10.6. The molecule has 1 atom stereocenters. The first kappa shape index (κ1) is 32.0. The smallest absolute Gasteiger partial charge is 0.343 e. The van der Waals surface area contributed by atoms with Crippen LogP contribution in [-0.2, 0) is 0 Å². The topological polar surface area (TPSA) is 44.8 Å². The van der Waals surface area contributed by atoms with Gasteiger partial charge in [0.05, 0.1) is 18.3 Å². The lowest BCUT2D eigenvalue weighted by Gasteiger charge is -2.28. The second-order valence-corrected chi connectivity index (χ2v) is 11.9. The van der Waals surface area contributed by atoms with Crippen LogP contribution in [-0.4, -0.2) is 18.7 Å². The molecule has 1 saturated carbocycles. The molecule has 0 bridgehead atoms. The summed E-state index contributed by atoms with van der Waals surface area (Å²) in [6, 6.07) is 14.6. The lowest BCUT2D eigenvalue weighted by Crippen LogP contribution is -2.15. The number of unbranched alkanes of at least 4 members (excludes halogenated alkanes) is 6. The van der Waals surface area contributed by atoms with E-state index in [0.29, 0.717) is 11.3 Å². The van der Waals surface area contributed by atoms with E-state index in [1.807, 2.05) is 24.3 Å². The van der Waals surface area contributed by atoms with Gasteiger partial charge in [-0.2, -0.15) is 0 Å². The van der Waals surface area contributed by atoms with Crippen LogP contribution in [0.2, 0.25) is 0 Å². The fourth-order valence-electron chi connectivity index (χ4n) is 5.90. The Bertz CT molecular complexity index is 928. The summed E-state index contributed by atoms with van der Waals surface area (Å²) < 4.78 is 17.6. The summed E-state index contributed by atoms with van der Waals surface area (Å²) in [4.78, 5) is 12.6. The van der Waals surface area contributed by atoms with E-state index in [1.54, 1.807) is 24.3 Å². The molecule has 2 aromatic carbocycles. The summed E-state index contributed by atoms with van der Waals surface area (Å²) in [5.41, 5.74) is 0.510. The number of benzene rings is 2. The molecule has 1 unspecified atom stereocenters. The first-order valence-electron chi connectivity index (χ1n) is 16.3. The molecular formula is C36H54O4. The Hall–Kier alpha value is -2.49. The largest absolute Gasteiger partial charge is 0.494 e. The average molecular weight is 551 g/mol. The van der Waals surface area contributed by atoms with Crippen molar-refractivity contribution in [1.82, 2.24) is 0 Å². The first-order chi connectivity index (χ1) is 19.6. The van der Waals surface area contributed by atoms with Crippen molar-refractivity contribution in [3.63, 3.8) is 0 Å². The van der Waals surface area contributed by atoms with Gasteiger partial charge in [0, 0.05) is 0 Å². The van der Waals surface area contributed by atoms with E-state index >= 15 is 0 Å². The summed E-state index contributed by atoms with van der Waals surface area (Å²) in [5.74, 6) is 3.60. The molecule has 2 aromatic rings. The molecule has 4 heteroatoms. The lowest BCUT2D eigenvalue weighted by atomic mass is 9.78. The molecule has 0 N–H and O–H groups in total. The number of esters is 1. The van der Waals surface area contributed by atoms with E-state index in [1.165, 1.54) is 89.9 Å². The highest BCUT2D eigenvalue weighted by Gasteiger charge is 2.20. The Morgan fingerprint density at radius 2 is 1.27 bits per heavy atom. The fraction of sp³-hybridized carbons (Fsp3) is 0.639. The summed E-state index contributed by atoms with van der Waals surface area (Å²) in [7, 11) is 0. The van der Waals surface area contributed by atoms with Crippen molar-refractivity contribution in [2.75, 3.05) is 6.61 Å². The summed E-state index contributed by atoms with van der Waals surface area (Å²) in [5, 5.41) is 0. The highest BCUT2D eigenvalue weighted by molar-refractivity contribution is 5.91. The molecule has 0 saturated heterocycles. The molecule has 40 heavy (non-hydrogen) atoms. The van der Waals surface area contributed by atoms with E-state index in [9.17, 15) is 4.79 Å². The minimum atomic E-state index is -0.370. The van der Waals surface area contributed by atoms with Crippen LogP contribution in [0.5, 0.6) is 17.2 Å². The highest BCUT2D eigenvalue weighted by Crippen LogP contribution is 2.33. The normalized spacial score (nSPS) is 17.8. The SMILES string of the molecule is CCCCCCCCCC(C)Oc1ccc(C(=O)Oc2ccc(OCCC[C@H]3CC[C@H](CCC)CC3)cc2)cc1. The first-order valence-corrected chi connectivity index (χ1v) is 16.3. The molecule has 222 valence electrons. The third kappa shape index (κ3) is 12.4. The highest BCUT2D eigenvalue weighted by atomic mass is 16.5. The van der Waals surface area contributed by atoms with Crippen LogP contribution >= 0.6 is 0 Å².